The van der Waals surface area contributed by atoms with E-state index in [0.717, 1.165) is 0 Å². The summed E-state index contributed by atoms with van der Waals surface area (Å²) in [4.78, 5) is 19.2. The standard InChI is InChI=1S/C8H10N6O2/c1-5-11-7(16-14-5)3-2-6(15)12-8-9-4-10-13-8/h4H,2-3H2,1H3,(H2,9,10,12,13,15). The summed E-state index contributed by atoms with van der Waals surface area (Å²) < 4.78 is 4.87. The lowest BCUT2D eigenvalue weighted by atomic mass is 10.3. The third-order valence-corrected chi connectivity index (χ3v) is 1.81. The molecule has 2 aromatic rings. The molecule has 2 heterocycles. The van der Waals surface area contributed by atoms with Crippen molar-refractivity contribution in [3.8, 4) is 0 Å². The fraction of sp³-hybridized carbons (Fsp3) is 0.375. The number of amides is 1. The normalized spacial score (nSPS) is 10.3. The summed E-state index contributed by atoms with van der Waals surface area (Å²) in [5.74, 6) is 1.15. The molecule has 0 saturated heterocycles. The fourth-order valence-corrected chi connectivity index (χ4v) is 1.12. The van der Waals surface area contributed by atoms with Crippen LogP contribution in [0.5, 0.6) is 0 Å². The first-order chi connectivity index (χ1) is 7.74. The zero-order valence-corrected chi connectivity index (χ0v) is 8.60. The van der Waals surface area contributed by atoms with E-state index in [-0.39, 0.29) is 12.3 Å². The molecule has 0 aliphatic carbocycles. The minimum Gasteiger partial charge on any atom is -0.339 e. The van der Waals surface area contributed by atoms with Crippen molar-refractivity contribution in [2.24, 2.45) is 0 Å². The summed E-state index contributed by atoms with van der Waals surface area (Å²) in [5.41, 5.74) is 0. The number of nitrogens with one attached hydrogen (secondary N) is 2. The van der Waals surface area contributed by atoms with Crippen LogP contribution in [-0.4, -0.2) is 31.2 Å². The van der Waals surface area contributed by atoms with Crippen LogP contribution in [0.2, 0.25) is 0 Å². The van der Waals surface area contributed by atoms with Gasteiger partial charge in [-0.1, -0.05) is 5.16 Å². The van der Waals surface area contributed by atoms with Gasteiger partial charge in [0.05, 0.1) is 0 Å². The van der Waals surface area contributed by atoms with Crippen molar-refractivity contribution in [1.29, 1.82) is 0 Å². The summed E-state index contributed by atoms with van der Waals surface area (Å²) in [6.45, 7) is 1.72. The molecule has 8 nitrogen and oxygen atoms in total. The van der Waals surface area contributed by atoms with Crippen LogP contribution in [0.4, 0.5) is 5.95 Å². The second-order valence-electron chi connectivity index (χ2n) is 3.12. The number of anilines is 1. The zero-order valence-electron chi connectivity index (χ0n) is 8.60. The molecule has 0 fully saturated rings. The second-order valence-corrected chi connectivity index (χ2v) is 3.12. The van der Waals surface area contributed by atoms with Gasteiger partial charge in [-0.05, 0) is 6.92 Å². The van der Waals surface area contributed by atoms with E-state index >= 15 is 0 Å². The van der Waals surface area contributed by atoms with Gasteiger partial charge in [-0.3, -0.25) is 10.1 Å². The van der Waals surface area contributed by atoms with Crippen LogP contribution in [0.25, 0.3) is 0 Å². The predicted molar refractivity (Wildman–Crippen MR) is 52.4 cm³/mol. The molecule has 0 bridgehead atoms. The van der Waals surface area contributed by atoms with Crippen LogP contribution in [-0.2, 0) is 11.2 Å². The lowest BCUT2D eigenvalue weighted by Crippen LogP contribution is -2.13. The van der Waals surface area contributed by atoms with E-state index in [9.17, 15) is 4.79 Å². The van der Waals surface area contributed by atoms with Crippen molar-refractivity contribution in [2.45, 2.75) is 19.8 Å². The molecule has 1 amide bonds. The maximum absolute atomic E-state index is 11.4. The Kier molecular flexibility index (Phi) is 2.90. The number of aryl methyl sites for hydroxylation is 2. The topological polar surface area (TPSA) is 110 Å². The van der Waals surface area contributed by atoms with Gasteiger partial charge in [0.2, 0.25) is 17.7 Å². The van der Waals surface area contributed by atoms with Crippen LogP contribution in [0.1, 0.15) is 18.1 Å². The molecule has 0 aliphatic rings. The molecule has 84 valence electrons. The summed E-state index contributed by atoms with van der Waals surface area (Å²) in [6.07, 6.45) is 1.97. The number of carbonyl (C=O) groups is 1. The first-order valence-electron chi connectivity index (χ1n) is 4.68. The van der Waals surface area contributed by atoms with Gasteiger partial charge in [0.25, 0.3) is 0 Å². The Morgan fingerprint density at radius 2 is 2.50 bits per heavy atom. The number of hydrogen-bond donors (Lipinski definition) is 2. The van der Waals surface area contributed by atoms with Crippen LogP contribution < -0.4 is 5.32 Å². The number of carbonyl (C=O) groups excluding carboxylic acids is 1. The second kappa shape index (κ2) is 4.51. The molecule has 2 aromatic heterocycles. The number of hydrogen-bond acceptors (Lipinski definition) is 6. The number of H-pyrrole nitrogens is 1. The molecule has 8 heteroatoms. The Morgan fingerprint density at radius 3 is 3.12 bits per heavy atom. The summed E-state index contributed by atoms with van der Waals surface area (Å²) in [7, 11) is 0. The molecule has 0 radical (unpaired) electrons. The highest BCUT2D eigenvalue weighted by atomic mass is 16.5. The van der Waals surface area contributed by atoms with Crippen LogP contribution >= 0.6 is 0 Å². The lowest BCUT2D eigenvalue weighted by molar-refractivity contribution is -0.116. The highest BCUT2D eigenvalue weighted by Crippen LogP contribution is 2.01. The van der Waals surface area contributed by atoms with Crippen LogP contribution in [0.3, 0.4) is 0 Å². The van der Waals surface area contributed by atoms with Crippen LogP contribution in [0.15, 0.2) is 10.9 Å². The molecule has 16 heavy (non-hydrogen) atoms. The molecule has 2 N–H and O–H groups in total. The molecule has 0 aliphatic heterocycles. The third kappa shape index (κ3) is 2.62. The van der Waals surface area contributed by atoms with Gasteiger partial charge in [0.1, 0.15) is 6.33 Å². The Morgan fingerprint density at radius 1 is 1.62 bits per heavy atom. The SMILES string of the molecule is Cc1noc(CCC(=O)Nc2ncn[nH]2)n1. The highest BCUT2D eigenvalue weighted by molar-refractivity contribution is 5.88. The Labute approximate surface area is 90.5 Å². The minimum atomic E-state index is -0.187. The van der Waals surface area contributed by atoms with Crippen molar-refractivity contribution >= 4 is 11.9 Å². The Hall–Kier alpha value is -2.25. The van der Waals surface area contributed by atoms with E-state index in [2.05, 4.69) is 30.6 Å². The first-order valence-corrected chi connectivity index (χ1v) is 4.68. The van der Waals surface area contributed by atoms with Crippen molar-refractivity contribution in [1.82, 2.24) is 25.3 Å². The monoisotopic (exact) mass is 222 g/mol. The smallest absolute Gasteiger partial charge is 0.227 e. The maximum atomic E-state index is 11.4. The number of aromatic amines is 1. The van der Waals surface area contributed by atoms with Crippen molar-refractivity contribution in [3.05, 3.63) is 18.0 Å². The quantitative estimate of drug-likeness (QED) is 0.757. The van der Waals surface area contributed by atoms with Gasteiger partial charge < -0.3 is 4.52 Å². The lowest BCUT2D eigenvalue weighted by Gasteiger charge is -1.98. The largest absolute Gasteiger partial charge is 0.339 e. The maximum Gasteiger partial charge on any atom is 0.227 e. The van der Waals surface area contributed by atoms with Gasteiger partial charge in [-0.15, -0.1) is 0 Å². The molecule has 2 rings (SSSR count). The predicted octanol–water partition coefficient (Wildman–Crippen LogP) is 0.0674. The van der Waals surface area contributed by atoms with E-state index in [1.807, 2.05) is 0 Å². The van der Waals surface area contributed by atoms with Crippen molar-refractivity contribution in [2.75, 3.05) is 5.32 Å². The Bertz CT molecular complexity index is 463. The molecular formula is C8H10N6O2. The highest BCUT2D eigenvalue weighted by Gasteiger charge is 2.08. The van der Waals surface area contributed by atoms with E-state index < -0.39 is 0 Å². The van der Waals surface area contributed by atoms with E-state index in [4.69, 9.17) is 4.52 Å². The molecule has 0 aromatic carbocycles. The van der Waals surface area contributed by atoms with Crippen molar-refractivity contribution < 1.29 is 9.32 Å². The number of rotatable bonds is 4. The van der Waals surface area contributed by atoms with Gasteiger partial charge >= 0.3 is 0 Å². The average Bonchev–Trinajstić information content (AvgIpc) is 2.87. The molecule has 0 saturated carbocycles. The van der Waals surface area contributed by atoms with E-state index in [1.54, 1.807) is 6.92 Å². The van der Waals surface area contributed by atoms with E-state index in [0.29, 0.717) is 24.1 Å². The molecule has 0 spiro atoms. The van der Waals surface area contributed by atoms with Gasteiger partial charge in [-0.25, -0.2) is 5.10 Å². The summed E-state index contributed by atoms with van der Waals surface area (Å²) in [5, 5.41) is 12.3. The first kappa shape index (κ1) is 10.3. The number of nitrogens with zero attached hydrogens (tertiary/aromatic N) is 4. The van der Waals surface area contributed by atoms with Gasteiger partial charge in [-0.2, -0.15) is 15.1 Å². The summed E-state index contributed by atoms with van der Waals surface area (Å²) >= 11 is 0. The van der Waals surface area contributed by atoms with Crippen LogP contribution in [0, 0.1) is 6.92 Å². The molecular weight excluding hydrogens is 212 g/mol. The third-order valence-electron chi connectivity index (χ3n) is 1.81. The molecule has 0 atom stereocenters. The molecule has 0 unspecified atom stereocenters. The average molecular weight is 222 g/mol. The van der Waals surface area contributed by atoms with Gasteiger partial charge in [0.15, 0.2) is 5.82 Å². The fourth-order valence-electron chi connectivity index (χ4n) is 1.12. The van der Waals surface area contributed by atoms with Crippen molar-refractivity contribution in [3.63, 3.8) is 0 Å². The van der Waals surface area contributed by atoms with Gasteiger partial charge in [0, 0.05) is 12.8 Å². The summed E-state index contributed by atoms with van der Waals surface area (Å²) in [6, 6.07) is 0. The number of aromatic nitrogens is 5. The minimum absolute atomic E-state index is 0.187. The zero-order chi connectivity index (χ0) is 11.4. The van der Waals surface area contributed by atoms with E-state index in [1.165, 1.54) is 6.33 Å². The Balaban J connectivity index is 1.80.